The maximum Gasteiger partial charge on any atom is 0.0873 e. The molecule has 0 unspecified atom stereocenters. The van der Waals surface area contributed by atoms with Gasteiger partial charge in [0.1, 0.15) is 0 Å². The molecule has 3 rings (SSSR count). The lowest BCUT2D eigenvalue weighted by atomic mass is 10.2. The van der Waals surface area contributed by atoms with Gasteiger partial charge in [0.15, 0.2) is 0 Å². The van der Waals surface area contributed by atoms with Crippen molar-refractivity contribution in [3.05, 3.63) is 60.4 Å². The van der Waals surface area contributed by atoms with Gasteiger partial charge in [0.05, 0.1) is 11.4 Å². The largest absolute Gasteiger partial charge is 0.326 e. The third-order valence-corrected chi connectivity index (χ3v) is 2.89. The summed E-state index contributed by atoms with van der Waals surface area (Å²) in [4.78, 5) is 4.40. The molecule has 0 fully saturated rings. The summed E-state index contributed by atoms with van der Waals surface area (Å²) in [5.74, 6) is 0. The van der Waals surface area contributed by atoms with Crippen LogP contribution in [0.2, 0.25) is 0 Å². The number of hydrogen-bond acceptors (Lipinski definition) is 2. The molecular formula is C14H13N3. The molecule has 84 valence electrons. The minimum absolute atomic E-state index is 0.521. The molecule has 0 radical (unpaired) electrons. The van der Waals surface area contributed by atoms with E-state index in [1.807, 2.05) is 36.5 Å². The first kappa shape index (κ1) is 10.1. The summed E-state index contributed by atoms with van der Waals surface area (Å²) in [5, 5.41) is 0. The zero-order valence-corrected chi connectivity index (χ0v) is 9.38. The summed E-state index contributed by atoms with van der Waals surface area (Å²) in [6.45, 7) is 0.521. The van der Waals surface area contributed by atoms with Gasteiger partial charge < -0.3 is 10.1 Å². The second kappa shape index (κ2) is 4.03. The second-order valence-electron chi connectivity index (χ2n) is 3.93. The van der Waals surface area contributed by atoms with Crippen molar-refractivity contribution in [2.45, 2.75) is 6.54 Å². The number of rotatable bonds is 2. The van der Waals surface area contributed by atoms with Gasteiger partial charge >= 0.3 is 0 Å². The first-order chi connectivity index (χ1) is 8.40. The third kappa shape index (κ3) is 1.61. The molecule has 2 N–H and O–H groups in total. The molecule has 0 saturated heterocycles. The SMILES string of the molecule is NCc1cc2ccccn2c1-c1ccccn1. The summed E-state index contributed by atoms with van der Waals surface area (Å²) in [6, 6.07) is 14.1. The molecule has 17 heavy (non-hydrogen) atoms. The lowest BCUT2D eigenvalue weighted by molar-refractivity contribution is 1.06. The molecule has 3 nitrogen and oxygen atoms in total. The number of nitrogens with two attached hydrogens (primary N) is 1. The van der Waals surface area contributed by atoms with Crippen molar-refractivity contribution in [1.29, 1.82) is 0 Å². The van der Waals surface area contributed by atoms with Crippen LogP contribution in [0.15, 0.2) is 54.9 Å². The van der Waals surface area contributed by atoms with E-state index in [1.165, 1.54) is 0 Å². The quantitative estimate of drug-likeness (QED) is 0.725. The Morgan fingerprint density at radius 3 is 2.76 bits per heavy atom. The van der Waals surface area contributed by atoms with Crippen LogP contribution in [-0.4, -0.2) is 9.38 Å². The van der Waals surface area contributed by atoms with E-state index in [2.05, 4.69) is 21.5 Å². The molecule has 3 aromatic heterocycles. The summed E-state index contributed by atoms with van der Waals surface area (Å²) >= 11 is 0. The number of hydrogen-bond donors (Lipinski definition) is 1. The van der Waals surface area contributed by atoms with Crippen molar-refractivity contribution in [1.82, 2.24) is 9.38 Å². The fourth-order valence-electron chi connectivity index (χ4n) is 2.13. The van der Waals surface area contributed by atoms with Crippen LogP contribution < -0.4 is 5.73 Å². The van der Waals surface area contributed by atoms with E-state index in [-0.39, 0.29) is 0 Å². The highest BCUT2D eigenvalue weighted by Gasteiger charge is 2.11. The van der Waals surface area contributed by atoms with Gasteiger partial charge in [-0.2, -0.15) is 0 Å². The Morgan fingerprint density at radius 2 is 2.00 bits per heavy atom. The summed E-state index contributed by atoms with van der Waals surface area (Å²) in [7, 11) is 0. The minimum Gasteiger partial charge on any atom is -0.326 e. The van der Waals surface area contributed by atoms with Gasteiger partial charge in [0.25, 0.3) is 0 Å². The number of aromatic nitrogens is 2. The Hall–Kier alpha value is -2.13. The van der Waals surface area contributed by atoms with Crippen molar-refractivity contribution in [2.75, 3.05) is 0 Å². The first-order valence-corrected chi connectivity index (χ1v) is 5.60. The Labute approximate surface area is 99.5 Å². The molecule has 3 aromatic rings. The van der Waals surface area contributed by atoms with Gasteiger partial charge in [-0.1, -0.05) is 12.1 Å². The van der Waals surface area contributed by atoms with Crippen molar-refractivity contribution < 1.29 is 0 Å². The molecule has 0 amide bonds. The van der Waals surface area contributed by atoms with Crippen LogP contribution in [0.4, 0.5) is 0 Å². The van der Waals surface area contributed by atoms with E-state index < -0.39 is 0 Å². The highest BCUT2D eigenvalue weighted by atomic mass is 14.9. The van der Waals surface area contributed by atoms with Crippen LogP contribution in [0.5, 0.6) is 0 Å². The number of nitrogens with zero attached hydrogens (tertiary/aromatic N) is 2. The highest BCUT2D eigenvalue weighted by molar-refractivity contribution is 5.69. The van der Waals surface area contributed by atoms with E-state index in [0.717, 1.165) is 22.5 Å². The Kier molecular flexibility index (Phi) is 2.38. The van der Waals surface area contributed by atoms with E-state index in [0.29, 0.717) is 6.54 Å². The average Bonchev–Trinajstić information content (AvgIpc) is 2.78. The van der Waals surface area contributed by atoms with Gasteiger partial charge in [-0.3, -0.25) is 4.98 Å². The van der Waals surface area contributed by atoms with E-state index >= 15 is 0 Å². The van der Waals surface area contributed by atoms with Crippen molar-refractivity contribution >= 4 is 5.52 Å². The molecular weight excluding hydrogens is 210 g/mol. The monoisotopic (exact) mass is 223 g/mol. The van der Waals surface area contributed by atoms with Crippen molar-refractivity contribution in [3.63, 3.8) is 0 Å². The van der Waals surface area contributed by atoms with Crippen LogP contribution in [0.3, 0.4) is 0 Å². The lowest BCUT2D eigenvalue weighted by Gasteiger charge is -2.04. The Balaban J connectivity index is 2.34. The number of fused-ring (bicyclic) bond motifs is 1. The van der Waals surface area contributed by atoms with E-state index in [1.54, 1.807) is 6.20 Å². The van der Waals surface area contributed by atoms with Gasteiger partial charge in [-0.05, 0) is 35.9 Å². The molecule has 0 spiro atoms. The van der Waals surface area contributed by atoms with Gasteiger partial charge in [0.2, 0.25) is 0 Å². The average molecular weight is 223 g/mol. The molecule has 0 aliphatic rings. The van der Waals surface area contributed by atoms with E-state index in [9.17, 15) is 0 Å². The number of pyridine rings is 2. The van der Waals surface area contributed by atoms with Crippen molar-refractivity contribution in [3.8, 4) is 11.4 Å². The van der Waals surface area contributed by atoms with E-state index in [4.69, 9.17) is 5.73 Å². The Bertz CT molecular complexity index is 641. The van der Waals surface area contributed by atoms with Crippen LogP contribution >= 0.6 is 0 Å². The van der Waals surface area contributed by atoms with Crippen LogP contribution in [0, 0.1) is 0 Å². The molecule has 0 aliphatic carbocycles. The molecule has 3 heterocycles. The topological polar surface area (TPSA) is 43.3 Å². The molecule has 0 aliphatic heterocycles. The van der Waals surface area contributed by atoms with Gasteiger partial charge in [-0.25, -0.2) is 0 Å². The maximum absolute atomic E-state index is 5.81. The smallest absolute Gasteiger partial charge is 0.0873 e. The van der Waals surface area contributed by atoms with Crippen LogP contribution in [-0.2, 0) is 6.54 Å². The first-order valence-electron chi connectivity index (χ1n) is 5.60. The van der Waals surface area contributed by atoms with Gasteiger partial charge in [-0.15, -0.1) is 0 Å². The Morgan fingerprint density at radius 1 is 1.12 bits per heavy atom. The zero-order valence-electron chi connectivity index (χ0n) is 9.38. The summed E-state index contributed by atoms with van der Waals surface area (Å²) in [5.41, 5.74) is 10.1. The predicted octanol–water partition coefficient (Wildman–Crippen LogP) is 2.46. The normalized spacial score (nSPS) is 10.9. The van der Waals surface area contributed by atoms with Crippen LogP contribution in [0.1, 0.15) is 5.56 Å². The predicted molar refractivity (Wildman–Crippen MR) is 68.5 cm³/mol. The summed E-state index contributed by atoms with van der Waals surface area (Å²) < 4.78 is 2.13. The molecule has 3 heteroatoms. The second-order valence-corrected chi connectivity index (χ2v) is 3.93. The zero-order chi connectivity index (χ0) is 11.7. The fourth-order valence-corrected chi connectivity index (χ4v) is 2.13. The molecule has 0 aromatic carbocycles. The lowest BCUT2D eigenvalue weighted by Crippen LogP contribution is -1.99. The highest BCUT2D eigenvalue weighted by Crippen LogP contribution is 2.25. The molecule has 0 bridgehead atoms. The minimum atomic E-state index is 0.521. The standard InChI is InChI=1S/C14H13N3/c15-10-11-9-12-5-2-4-8-17(12)14(11)13-6-1-3-7-16-13/h1-9H,10,15H2. The van der Waals surface area contributed by atoms with Crippen LogP contribution in [0.25, 0.3) is 16.9 Å². The third-order valence-electron chi connectivity index (χ3n) is 2.89. The van der Waals surface area contributed by atoms with Crippen molar-refractivity contribution in [2.24, 2.45) is 5.73 Å². The maximum atomic E-state index is 5.81. The van der Waals surface area contributed by atoms with Gasteiger partial charge in [0, 0.05) is 24.5 Å². The molecule has 0 atom stereocenters. The fraction of sp³-hybridized carbons (Fsp3) is 0.0714. The molecule has 0 saturated carbocycles. The summed E-state index contributed by atoms with van der Waals surface area (Å²) in [6.07, 6.45) is 3.84.